The lowest BCUT2D eigenvalue weighted by Crippen LogP contribution is -2.39. The van der Waals surface area contributed by atoms with Crippen LogP contribution in [-0.2, 0) is 13.5 Å². The Kier molecular flexibility index (Phi) is 4.33. The molecule has 1 atom stereocenters. The van der Waals surface area contributed by atoms with E-state index in [1.54, 1.807) is 24.0 Å². The third kappa shape index (κ3) is 2.85. The number of H-pyrrole nitrogens is 1. The van der Waals surface area contributed by atoms with E-state index >= 15 is 0 Å². The Balaban J connectivity index is 1.76. The minimum absolute atomic E-state index is 0.0379. The van der Waals surface area contributed by atoms with Gasteiger partial charge in [-0.25, -0.2) is 9.50 Å². The normalized spacial score (nSPS) is 17.6. The van der Waals surface area contributed by atoms with E-state index in [1.165, 1.54) is 4.52 Å². The quantitative estimate of drug-likeness (QED) is 0.766. The van der Waals surface area contributed by atoms with Gasteiger partial charge in [0.2, 0.25) is 0 Å². The molecule has 0 aliphatic carbocycles. The van der Waals surface area contributed by atoms with Gasteiger partial charge in [0.15, 0.2) is 5.65 Å². The number of carbonyl (C=O) groups excluding carboxylic acids is 1. The summed E-state index contributed by atoms with van der Waals surface area (Å²) in [6.07, 6.45) is 5.14. The molecule has 1 fully saturated rings. The Morgan fingerprint density at radius 3 is 2.89 bits per heavy atom. The summed E-state index contributed by atoms with van der Waals surface area (Å²) in [6.45, 7) is 4.51. The lowest BCUT2D eigenvalue weighted by molar-refractivity contribution is 0.0594. The molecule has 3 aromatic heterocycles. The van der Waals surface area contributed by atoms with Gasteiger partial charge in [0.1, 0.15) is 5.69 Å². The van der Waals surface area contributed by atoms with Gasteiger partial charge in [-0.1, -0.05) is 6.92 Å². The molecular formula is C19H24N6O2. The number of aromatic nitrogens is 5. The Labute approximate surface area is 156 Å². The zero-order valence-corrected chi connectivity index (χ0v) is 15.9. The van der Waals surface area contributed by atoms with Crippen LogP contribution in [0.25, 0.3) is 5.65 Å². The van der Waals surface area contributed by atoms with Gasteiger partial charge in [0.05, 0.1) is 11.7 Å². The standard InChI is InChI=1S/C19H24N6O2/c1-4-13-12(2)21-17-11-14(22-25(17)18(13)26)15-7-5-6-10-24(15)19(27)16-8-9-20-23(16)3/h8-9,11,15,22H,4-7,10H2,1-3H3. The number of nitrogens with zero attached hydrogens (tertiary/aromatic N) is 5. The van der Waals surface area contributed by atoms with E-state index < -0.39 is 0 Å². The van der Waals surface area contributed by atoms with E-state index in [2.05, 4.69) is 15.2 Å². The molecular weight excluding hydrogens is 344 g/mol. The number of hydrogen-bond acceptors (Lipinski definition) is 4. The number of aryl methyl sites for hydroxylation is 2. The first-order chi connectivity index (χ1) is 13.0. The van der Waals surface area contributed by atoms with Crippen LogP contribution in [0.2, 0.25) is 0 Å². The van der Waals surface area contributed by atoms with Crippen molar-refractivity contribution in [2.75, 3.05) is 6.54 Å². The van der Waals surface area contributed by atoms with Crippen LogP contribution in [-0.4, -0.2) is 41.7 Å². The molecule has 4 rings (SSSR count). The highest BCUT2D eigenvalue weighted by atomic mass is 16.2. The Morgan fingerprint density at radius 2 is 2.19 bits per heavy atom. The molecule has 4 heterocycles. The maximum absolute atomic E-state index is 13.1. The lowest BCUT2D eigenvalue weighted by Gasteiger charge is -2.35. The fourth-order valence-corrected chi connectivity index (χ4v) is 3.99. The molecule has 1 N–H and O–H groups in total. The molecule has 0 aromatic carbocycles. The van der Waals surface area contributed by atoms with E-state index in [0.29, 0.717) is 29.9 Å². The van der Waals surface area contributed by atoms with Gasteiger partial charge in [-0.3, -0.25) is 19.4 Å². The van der Waals surface area contributed by atoms with Crippen molar-refractivity contribution in [2.45, 2.75) is 45.6 Å². The average molecular weight is 368 g/mol. The summed E-state index contributed by atoms with van der Waals surface area (Å²) in [4.78, 5) is 32.2. The van der Waals surface area contributed by atoms with Gasteiger partial charge in [-0.2, -0.15) is 5.10 Å². The maximum atomic E-state index is 13.1. The minimum Gasteiger partial charge on any atom is -0.329 e. The van der Waals surface area contributed by atoms with E-state index in [9.17, 15) is 9.59 Å². The number of likely N-dealkylation sites (tertiary alicyclic amines) is 1. The zero-order chi connectivity index (χ0) is 19.1. The van der Waals surface area contributed by atoms with Crippen LogP contribution in [0.15, 0.2) is 23.1 Å². The topological polar surface area (TPSA) is 88.3 Å². The van der Waals surface area contributed by atoms with E-state index in [1.807, 2.05) is 24.8 Å². The van der Waals surface area contributed by atoms with Gasteiger partial charge in [-0.05, 0) is 38.7 Å². The molecule has 8 heteroatoms. The number of carbonyl (C=O) groups is 1. The van der Waals surface area contributed by atoms with Crippen molar-refractivity contribution in [3.63, 3.8) is 0 Å². The third-order valence-electron chi connectivity index (χ3n) is 5.45. The van der Waals surface area contributed by atoms with Crippen LogP contribution >= 0.6 is 0 Å². The summed E-state index contributed by atoms with van der Waals surface area (Å²) in [5.74, 6) is -0.0379. The molecule has 0 radical (unpaired) electrons. The largest absolute Gasteiger partial charge is 0.329 e. The minimum atomic E-state index is -0.104. The SMILES string of the molecule is CCc1c(C)nc2cc(C3CCCCN3C(=O)c3ccnn3C)[nH]n2c1=O. The highest BCUT2D eigenvalue weighted by Gasteiger charge is 2.31. The van der Waals surface area contributed by atoms with Crippen LogP contribution in [0.5, 0.6) is 0 Å². The molecule has 142 valence electrons. The molecule has 1 unspecified atom stereocenters. The van der Waals surface area contributed by atoms with E-state index in [4.69, 9.17) is 0 Å². The second-order valence-electron chi connectivity index (χ2n) is 7.09. The number of rotatable bonds is 3. The van der Waals surface area contributed by atoms with E-state index in [0.717, 1.165) is 30.7 Å². The molecule has 0 spiro atoms. The Morgan fingerprint density at radius 1 is 1.37 bits per heavy atom. The number of nitrogens with one attached hydrogen (secondary N) is 1. The smallest absolute Gasteiger partial charge is 0.276 e. The Hall–Kier alpha value is -2.90. The van der Waals surface area contributed by atoms with E-state index in [-0.39, 0.29) is 17.5 Å². The molecule has 1 aliphatic rings. The van der Waals surface area contributed by atoms with Crippen molar-refractivity contribution in [2.24, 2.45) is 7.05 Å². The lowest BCUT2D eigenvalue weighted by atomic mass is 9.99. The van der Waals surface area contributed by atoms with Gasteiger partial charge >= 0.3 is 0 Å². The molecule has 8 nitrogen and oxygen atoms in total. The summed E-state index contributed by atoms with van der Waals surface area (Å²) in [5.41, 5.74) is 3.43. The van der Waals surface area contributed by atoms with Crippen molar-refractivity contribution < 1.29 is 4.79 Å². The molecule has 1 amide bonds. The highest BCUT2D eigenvalue weighted by molar-refractivity contribution is 5.92. The van der Waals surface area contributed by atoms with Crippen LogP contribution in [0.3, 0.4) is 0 Å². The summed E-state index contributed by atoms with van der Waals surface area (Å²) >= 11 is 0. The average Bonchev–Trinajstić information content (AvgIpc) is 3.28. The number of fused-ring (bicyclic) bond motifs is 1. The monoisotopic (exact) mass is 368 g/mol. The van der Waals surface area contributed by atoms with Crippen molar-refractivity contribution in [1.29, 1.82) is 0 Å². The third-order valence-corrected chi connectivity index (χ3v) is 5.45. The second kappa shape index (κ2) is 6.68. The van der Waals surface area contributed by atoms with Crippen LogP contribution in [0.4, 0.5) is 0 Å². The first kappa shape index (κ1) is 17.5. The molecule has 1 saturated heterocycles. The number of amides is 1. The maximum Gasteiger partial charge on any atom is 0.276 e. The van der Waals surface area contributed by atoms with Gasteiger partial charge in [0, 0.05) is 37.1 Å². The fraction of sp³-hybridized carbons (Fsp3) is 0.474. The number of piperidine rings is 1. The summed E-state index contributed by atoms with van der Waals surface area (Å²) < 4.78 is 3.10. The zero-order valence-electron chi connectivity index (χ0n) is 15.9. The predicted octanol–water partition coefficient (Wildman–Crippen LogP) is 1.99. The highest BCUT2D eigenvalue weighted by Crippen LogP contribution is 2.31. The number of hydrogen-bond donors (Lipinski definition) is 1. The molecule has 3 aromatic rings. The van der Waals surface area contributed by atoms with Crippen molar-refractivity contribution in [3.05, 3.63) is 51.3 Å². The van der Waals surface area contributed by atoms with Crippen LogP contribution < -0.4 is 5.56 Å². The van der Waals surface area contributed by atoms with Gasteiger partial charge < -0.3 is 4.90 Å². The van der Waals surface area contributed by atoms with Crippen LogP contribution in [0.1, 0.15) is 59.7 Å². The first-order valence-electron chi connectivity index (χ1n) is 9.41. The Bertz CT molecular complexity index is 1060. The summed E-state index contributed by atoms with van der Waals surface area (Å²) in [5, 5.41) is 7.32. The second-order valence-corrected chi connectivity index (χ2v) is 7.09. The predicted molar refractivity (Wildman–Crippen MR) is 101 cm³/mol. The molecule has 0 saturated carbocycles. The van der Waals surface area contributed by atoms with Crippen molar-refractivity contribution in [3.8, 4) is 0 Å². The van der Waals surface area contributed by atoms with Crippen molar-refractivity contribution in [1.82, 2.24) is 29.3 Å². The van der Waals surface area contributed by atoms with Gasteiger partial charge in [-0.15, -0.1) is 0 Å². The summed E-state index contributed by atoms with van der Waals surface area (Å²) in [7, 11) is 1.77. The molecule has 27 heavy (non-hydrogen) atoms. The number of aromatic amines is 1. The first-order valence-corrected chi connectivity index (χ1v) is 9.41. The van der Waals surface area contributed by atoms with Crippen LogP contribution in [0, 0.1) is 6.92 Å². The van der Waals surface area contributed by atoms with Crippen molar-refractivity contribution >= 4 is 11.6 Å². The summed E-state index contributed by atoms with van der Waals surface area (Å²) in [6, 6.07) is 3.53. The molecule has 0 bridgehead atoms. The molecule has 1 aliphatic heterocycles. The van der Waals surface area contributed by atoms with Gasteiger partial charge in [0.25, 0.3) is 11.5 Å². The fourth-order valence-electron chi connectivity index (χ4n) is 3.99.